The molecule has 7 heteroatoms. The summed E-state index contributed by atoms with van der Waals surface area (Å²) in [5.74, 6) is 3.32. The van der Waals surface area contributed by atoms with Gasteiger partial charge in [0.1, 0.15) is 11.6 Å². The summed E-state index contributed by atoms with van der Waals surface area (Å²) in [4.78, 5) is 9.06. The molecule has 21 heavy (non-hydrogen) atoms. The van der Waals surface area contributed by atoms with E-state index < -0.39 is 6.61 Å². The van der Waals surface area contributed by atoms with Crippen LogP contribution in [-0.4, -0.2) is 23.6 Å². The summed E-state index contributed by atoms with van der Waals surface area (Å²) in [5, 5.41) is 3.09. The average molecular weight is 309 g/mol. The smallest absolute Gasteiger partial charge is 0.387 e. The lowest BCUT2D eigenvalue weighted by atomic mass is 10.2. The lowest BCUT2D eigenvalue weighted by molar-refractivity contribution is -0.0498. The van der Waals surface area contributed by atoms with Gasteiger partial charge in [0.15, 0.2) is 5.82 Å². The number of rotatable bonds is 4. The lowest BCUT2D eigenvalue weighted by Crippen LogP contribution is -2.04. The van der Waals surface area contributed by atoms with E-state index >= 15 is 0 Å². The van der Waals surface area contributed by atoms with Crippen LogP contribution in [-0.2, 0) is 11.5 Å². The van der Waals surface area contributed by atoms with Crippen molar-refractivity contribution in [2.24, 2.45) is 0 Å². The number of anilines is 1. The first-order valence-electron chi connectivity index (χ1n) is 6.38. The SMILES string of the molecule is CNc1nc(-c2ccc(OC(F)F)cc2)nc2c1CSC2. The van der Waals surface area contributed by atoms with Crippen molar-refractivity contribution in [1.29, 1.82) is 0 Å². The molecule has 0 saturated heterocycles. The molecular weight excluding hydrogens is 296 g/mol. The number of hydrogen-bond donors (Lipinski definition) is 1. The molecule has 0 radical (unpaired) electrons. The van der Waals surface area contributed by atoms with E-state index in [9.17, 15) is 8.78 Å². The maximum absolute atomic E-state index is 12.1. The third-order valence-corrected chi connectivity index (χ3v) is 4.12. The second-order valence-corrected chi connectivity index (χ2v) is 5.45. The molecule has 3 rings (SSSR count). The molecule has 1 aliphatic rings. The number of nitrogens with one attached hydrogen (secondary N) is 1. The Bertz CT molecular complexity index is 649. The van der Waals surface area contributed by atoms with Gasteiger partial charge in [-0.1, -0.05) is 0 Å². The van der Waals surface area contributed by atoms with Crippen molar-refractivity contribution in [3.8, 4) is 17.1 Å². The molecule has 1 N–H and O–H groups in total. The summed E-state index contributed by atoms with van der Waals surface area (Å²) in [5.41, 5.74) is 2.94. The second-order valence-electron chi connectivity index (χ2n) is 4.47. The summed E-state index contributed by atoms with van der Waals surface area (Å²) in [6.07, 6.45) is 0. The van der Waals surface area contributed by atoms with Crippen molar-refractivity contribution >= 4 is 17.6 Å². The van der Waals surface area contributed by atoms with E-state index in [0.29, 0.717) is 5.82 Å². The minimum atomic E-state index is -2.82. The third-order valence-electron chi connectivity index (χ3n) is 3.15. The highest BCUT2D eigenvalue weighted by Crippen LogP contribution is 2.34. The van der Waals surface area contributed by atoms with Crippen molar-refractivity contribution in [1.82, 2.24) is 9.97 Å². The number of thioether (sulfide) groups is 1. The van der Waals surface area contributed by atoms with Gasteiger partial charge in [-0.25, -0.2) is 9.97 Å². The van der Waals surface area contributed by atoms with Crippen LogP contribution in [0.4, 0.5) is 14.6 Å². The highest BCUT2D eigenvalue weighted by molar-refractivity contribution is 7.98. The molecule has 0 unspecified atom stereocenters. The van der Waals surface area contributed by atoms with Gasteiger partial charge in [0, 0.05) is 29.7 Å². The molecule has 0 bridgehead atoms. The summed E-state index contributed by atoms with van der Waals surface area (Å²) >= 11 is 1.80. The van der Waals surface area contributed by atoms with Crippen LogP contribution in [0, 0.1) is 0 Å². The van der Waals surface area contributed by atoms with Gasteiger partial charge in [-0.2, -0.15) is 20.5 Å². The van der Waals surface area contributed by atoms with Gasteiger partial charge < -0.3 is 10.1 Å². The maximum atomic E-state index is 12.1. The molecule has 0 spiro atoms. The van der Waals surface area contributed by atoms with Crippen LogP contribution in [0.5, 0.6) is 5.75 Å². The van der Waals surface area contributed by atoms with Crippen molar-refractivity contribution in [2.75, 3.05) is 12.4 Å². The molecule has 2 aromatic rings. The van der Waals surface area contributed by atoms with E-state index in [1.54, 1.807) is 23.9 Å². The van der Waals surface area contributed by atoms with Crippen LogP contribution in [0.2, 0.25) is 0 Å². The van der Waals surface area contributed by atoms with Crippen molar-refractivity contribution < 1.29 is 13.5 Å². The van der Waals surface area contributed by atoms with Gasteiger partial charge in [0.25, 0.3) is 0 Å². The summed E-state index contributed by atoms with van der Waals surface area (Å²) < 4.78 is 28.6. The van der Waals surface area contributed by atoms with E-state index in [0.717, 1.165) is 34.1 Å². The fraction of sp³-hybridized carbons (Fsp3) is 0.286. The fourth-order valence-corrected chi connectivity index (χ4v) is 3.21. The minimum absolute atomic E-state index is 0.124. The zero-order valence-electron chi connectivity index (χ0n) is 11.3. The Kier molecular flexibility index (Phi) is 3.92. The van der Waals surface area contributed by atoms with Crippen molar-refractivity contribution in [3.05, 3.63) is 35.5 Å². The standard InChI is InChI=1S/C14H13F2N3OS/c1-17-13-10-6-21-7-11(10)18-12(19-13)8-2-4-9(5-3-8)20-14(15)16/h2-5,14H,6-7H2,1H3,(H,17,18,19). The second kappa shape index (κ2) is 5.85. The monoisotopic (exact) mass is 309 g/mol. The number of alkyl halides is 2. The number of nitrogens with zero attached hydrogens (tertiary/aromatic N) is 2. The summed E-state index contributed by atoms with van der Waals surface area (Å²) in [7, 11) is 1.83. The highest BCUT2D eigenvalue weighted by Gasteiger charge is 2.19. The van der Waals surface area contributed by atoms with Gasteiger partial charge in [-0.15, -0.1) is 0 Å². The topological polar surface area (TPSA) is 47.0 Å². The van der Waals surface area contributed by atoms with Gasteiger partial charge in [-0.3, -0.25) is 0 Å². The fourth-order valence-electron chi connectivity index (χ4n) is 2.17. The van der Waals surface area contributed by atoms with E-state index in [4.69, 9.17) is 0 Å². The molecular formula is C14H13F2N3OS. The first kappa shape index (κ1) is 14.1. The van der Waals surface area contributed by atoms with Crippen molar-refractivity contribution in [3.63, 3.8) is 0 Å². The molecule has 0 fully saturated rings. The largest absolute Gasteiger partial charge is 0.435 e. The van der Waals surface area contributed by atoms with Gasteiger partial charge in [0.2, 0.25) is 0 Å². The Morgan fingerprint density at radius 1 is 1.19 bits per heavy atom. The Morgan fingerprint density at radius 2 is 1.95 bits per heavy atom. The van der Waals surface area contributed by atoms with Crippen molar-refractivity contribution in [2.45, 2.75) is 18.1 Å². The first-order chi connectivity index (χ1) is 10.2. The summed E-state index contributed by atoms with van der Waals surface area (Å²) in [6.45, 7) is -2.82. The van der Waals surface area contributed by atoms with Gasteiger partial charge in [0.05, 0.1) is 5.69 Å². The van der Waals surface area contributed by atoms with Crippen LogP contribution in [0.15, 0.2) is 24.3 Å². The normalized spacial score (nSPS) is 13.3. The van der Waals surface area contributed by atoms with Crippen LogP contribution >= 0.6 is 11.8 Å². The first-order valence-corrected chi connectivity index (χ1v) is 7.53. The number of benzene rings is 1. The van der Waals surface area contributed by atoms with Gasteiger partial charge in [-0.05, 0) is 24.3 Å². The predicted octanol–water partition coefficient (Wildman–Crippen LogP) is 3.53. The Balaban J connectivity index is 1.93. The number of aromatic nitrogens is 2. The van der Waals surface area contributed by atoms with Crippen LogP contribution in [0.25, 0.3) is 11.4 Å². The zero-order valence-corrected chi connectivity index (χ0v) is 12.1. The molecule has 4 nitrogen and oxygen atoms in total. The molecule has 1 aromatic carbocycles. The molecule has 0 saturated carbocycles. The number of fused-ring (bicyclic) bond motifs is 1. The molecule has 1 aliphatic heterocycles. The Hall–Kier alpha value is -1.89. The molecule has 1 aromatic heterocycles. The molecule has 0 aliphatic carbocycles. The molecule has 0 amide bonds. The van der Waals surface area contributed by atoms with Crippen LogP contribution in [0.3, 0.4) is 0 Å². The minimum Gasteiger partial charge on any atom is -0.435 e. The van der Waals surface area contributed by atoms with E-state index in [1.807, 2.05) is 7.05 Å². The summed E-state index contributed by atoms with van der Waals surface area (Å²) in [6, 6.07) is 6.35. The predicted molar refractivity (Wildman–Crippen MR) is 78.6 cm³/mol. The third kappa shape index (κ3) is 2.92. The Morgan fingerprint density at radius 3 is 2.62 bits per heavy atom. The molecule has 0 atom stereocenters. The average Bonchev–Trinajstić information content (AvgIpc) is 2.94. The number of ether oxygens (including phenoxy) is 1. The maximum Gasteiger partial charge on any atom is 0.387 e. The van der Waals surface area contributed by atoms with Crippen LogP contribution in [0.1, 0.15) is 11.3 Å². The number of halogens is 2. The lowest BCUT2D eigenvalue weighted by Gasteiger charge is -2.10. The van der Waals surface area contributed by atoms with E-state index in [1.165, 1.54) is 12.1 Å². The van der Waals surface area contributed by atoms with Crippen LogP contribution < -0.4 is 10.1 Å². The highest BCUT2D eigenvalue weighted by atomic mass is 32.2. The van der Waals surface area contributed by atoms with E-state index in [2.05, 4.69) is 20.0 Å². The zero-order chi connectivity index (χ0) is 14.8. The van der Waals surface area contributed by atoms with E-state index in [-0.39, 0.29) is 5.75 Å². The molecule has 2 heterocycles. The Labute approximate surface area is 124 Å². The quantitative estimate of drug-likeness (QED) is 0.936. The molecule has 110 valence electrons. The van der Waals surface area contributed by atoms with Gasteiger partial charge >= 0.3 is 6.61 Å². The number of hydrogen-bond acceptors (Lipinski definition) is 5.